The number of rotatable bonds is 3. The van der Waals surface area contributed by atoms with Crippen molar-refractivity contribution in [3.05, 3.63) is 65.7 Å². The molecule has 2 N–H and O–H groups in total. The SMILES string of the molecule is CC(C)=NO.O=C(c1ccccc1)c1ccc(S(=O)(=O)O)cc1. The minimum absolute atomic E-state index is 0.197. The predicted octanol–water partition coefficient (Wildman–Crippen LogP) is 3.02. The molecule has 0 heterocycles. The molecule has 122 valence electrons. The summed E-state index contributed by atoms with van der Waals surface area (Å²) in [4.78, 5) is 11.8. The maximum atomic E-state index is 12.0. The van der Waals surface area contributed by atoms with Crippen molar-refractivity contribution in [2.75, 3.05) is 0 Å². The van der Waals surface area contributed by atoms with Crippen LogP contribution in [0.5, 0.6) is 0 Å². The van der Waals surface area contributed by atoms with Crippen molar-refractivity contribution in [1.29, 1.82) is 0 Å². The van der Waals surface area contributed by atoms with Gasteiger partial charge in [-0.05, 0) is 38.1 Å². The molecule has 0 spiro atoms. The third kappa shape index (κ3) is 6.01. The van der Waals surface area contributed by atoms with Crippen LogP contribution in [0.3, 0.4) is 0 Å². The van der Waals surface area contributed by atoms with E-state index in [4.69, 9.17) is 9.76 Å². The van der Waals surface area contributed by atoms with E-state index in [0.29, 0.717) is 16.8 Å². The Kier molecular flexibility index (Phi) is 6.62. The third-order valence-electron chi connectivity index (χ3n) is 2.65. The quantitative estimate of drug-likeness (QED) is 0.295. The Morgan fingerprint density at radius 1 is 0.913 bits per heavy atom. The normalized spacial score (nSPS) is 10.2. The second-order valence-electron chi connectivity index (χ2n) is 4.74. The van der Waals surface area contributed by atoms with E-state index >= 15 is 0 Å². The van der Waals surface area contributed by atoms with Gasteiger partial charge in [0.05, 0.1) is 10.6 Å². The number of hydrogen-bond acceptors (Lipinski definition) is 5. The summed E-state index contributed by atoms with van der Waals surface area (Å²) in [6.45, 7) is 3.44. The number of nitrogens with zero attached hydrogens (tertiary/aromatic N) is 1. The zero-order valence-electron chi connectivity index (χ0n) is 12.7. The van der Waals surface area contributed by atoms with Crippen molar-refractivity contribution in [1.82, 2.24) is 0 Å². The average molecular weight is 335 g/mol. The Morgan fingerprint density at radius 3 is 1.74 bits per heavy atom. The van der Waals surface area contributed by atoms with Gasteiger partial charge in [0.2, 0.25) is 0 Å². The van der Waals surface area contributed by atoms with Gasteiger partial charge >= 0.3 is 0 Å². The average Bonchev–Trinajstić information content (AvgIpc) is 2.55. The summed E-state index contributed by atoms with van der Waals surface area (Å²) in [5, 5.41) is 10.5. The lowest BCUT2D eigenvalue weighted by molar-refractivity contribution is 0.103. The van der Waals surface area contributed by atoms with Gasteiger partial charge in [-0.25, -0.2) is 0 Å². The molecule has 0 aromatic heterocycles. The monoisotopic (exact) mass is 335 g/mol. The van der Waals surface area contributed by atoms with Gasteiger partial charge in [-0.1, -0.05) is 35.5 Å². The molecule has 2 aromatic rings. The summed E-state index contributed by atoms with van der Waals surface area (Å²) in [5.41, 5.74) is 1.58. The van der Waals surface area contributed by atoms with Crippen molar-refractivity contribution in [2.45, 2.75) is 18.7 Å². The molecule has 0 radical (unpaired) electrons. The Balaban J connectivity index is 0.000000463. The molecule has 0 atom stereocenters. The number of carbonyl (C=O) groups excluding carboxylic acids is 1. The molecule has 0 unspecified atom stereocenters. The van der Waals surface area contributed by atoms with Gasteiger partial charge in [0.25, 0.3) is 10.1 Å². The molecular weight excluding hydrogens is 318 g/mol. The first-order valence-corrected chi connectivity index (χ1v) is 8.02. The van der Waals surface area contributed by atoms with E-state index in [1.165, 1.54) is 24.3 Å². The lowest BCUT2D eigenvalue weighted by Crippen LogP contribution is -2.02. The van der Waals surface area contributed by atoms with Crippen LogP contribution >= 0.6 is 0 Å². The fraction of sp³-hybridized carbons (Fsp3) is 0.125. The van der Waals surface area contributed by atoms with Crippen molar-refractivity contribution >= 4 is 21.6 Å². The maximum Gasteiger partial charge on any atom is 0.294 e. The first kappa shape index (κ1) is 18.5. The van der Waals surface area contributed by atoms with E-state index in [1.54, 1.807) is 44.2 Å². The topological polar surface area (TPSA) is 104 Å². The fourth-order valence-electron chi connectivity index (χ4n) is 1.53. The molecule has 0 bridgehead atoms. The molecule has 0 amide bonds. The van der Waals surface area contributed by atoms with Crippen LogP contribution in [0.25, 0.3) is 0 Å². The van der Waals surface area contributed by atoms with Crippen LogP contribution in [-0.4, -0.2) is 29.7 Å². The summed E-state index contributed by atoms with van der Waals surface area (Å²) in [5.74, 6) is -0.197. The minimum Gasteiger partial charge on any atom is -0.411 e. The van der Waals surface area contributed by atoms with E-state index in [0.717, 1.165) is 0 Å². The van der Waals surface area contributed by atoms with Gasteiger partial charge in [-0.15, -0.1) is 0 Å². The Morgan fingerprint density at radius 2 is 1.35 bits per heavy atom. The predicted molar refractivity (Wildman–Crippen MR) is 86.7 cm³/mol. The summed E-state index contributed by atoms with van der Waals surface area (Å²) >= 11 is 0. The maximum absolute atomic E-state index is 12.0. The molecular formula is C16H17NO5S. The summed E-state index contributed by atoms with van der Waals surface area (Å²) in [6, 6.07) is 13.8. The van der Waals surface area contributed by atoms with Gasteiger partial charge in [0.15, 0.2) is 5.78 Å². The highest BCUT2D eigenvalue weighted by atomic mass is 32.2. The zero-order valence-corrected chi connectivity index (χ0v) is 13.5. The molecule has 23 heavy (non-hydrogen) atoms. The van der Waals surface area contributed by atoms with E-state index in [2.05, 4.69) is 5.16 Å². The largest absolute Gasteiger partial charge is 0.411 e. The van der Waals surface area contributed by atoms with E-state index < -0.39 is 10.1 Å². The molecule has 6 nitrogen and oxygen atoms in total. The Labute approximate surface area is 134 Å². The standard InChI is InChI=1S/C13H10O4S.C3H7NO/c14-13(10-4-2-1-3-5-10)11-6-8-12(9-7-11)18(15,16)17;1-3(2)4-5/h1-9H,(H,15,16,17);5H,1-2H3. The molecule has 0 fully saturated rings. The first-order valence-electron chi connectivity index (χ1n) is 6.58. The molecule has 0 aliphatic rings. The van der Waals surface area contributed by atoms with Crippen LogP contribution in [-0.2, 0) is 10.1 Å². The first-order chi connectivity index (χ1) is 10.8. The van der Waals surface area contributed by atoms with Crippen LogP contribution in [0.15, 0.2) is 64.6 Å². The van der Waals surface area contributed by atoms with Crippen LogP contribution in [0.1, 0.15) is 29.8 Å². The second kappa shape index (κ2) is 8.21. The highest BCUT2D eigenvalue weighted by Gasteiger charge is 2.12. The molecule has 2 aromatic carbocycles. The summed E-state index contributed by atoms with van der Waals surface area (Å²) < 4.78 is 30.5. The summed E-state index contributed by atoms with van der Waals surface area (Å²) in [6.07, 6.45) is 0. The molecule has 2 rings (SSSR count). The second-order valence-corrected chi connectivity index (χ2v) is 6.16. The molecule has 0 aliphatic heterocycles. The van der Waals surface area contributed by atoms with Gasteiger partial charge in [-0.2, -0.15) is 8.42 Å². The Hall–Kier alpha value is -2.51. The number of ketones is 1. The van der Waals surface area contributed by atoms with Crippen LogP contribution in [0.2, 0.25) is 0 Å². The van der Waals surface area contributed by atoms with Crippen molar-refractivity contribution in [3.63, 3.8) is 0 Å². The molecule has 7 heteroatoms. The van der Waals surface area contributed by atoms with E-state index in [-0.39, 0.29) is 10.7 Å². The fourth-order valence-corrected chi connectivity index (χ4v) is 2.01. The number of hydrogen-bond donors (Lipinski definition) is 2. The van der Waals surface area contributed by atoms with Gasteiger partial charge < -0.3 is 5.21 Å². The third-order valence-corrected chi connectivity index (χ3v) is 3.52. The molecule has 0 aliphatic carbocycles. The lowest BCUT2D eigenvalue weighted by atomic mass is 10.0. The molecule has 0 saturated carbocycles. The summed E-state index contributed by atoms with van der Waals surface area (Å²) in [7, 11) is -4.22. The van der Waals surface area contributed by atoms with Gasteiger partial charge in [-0.3, -0.25) is 9.35 Å². The lowest BCUT2D eigenvalue weighted by Gasteiger charge is -2.02. The smallest absolute Gasteiger partial charge is 0.294 e. The van der Waals surface area contributed by atoms with Crippen molar-refractivity contribution < 1.29 is 23.0 Å². The zero-order chi connectivity index (χ0) is 17.5. The van der Waals surface area contributed by atoms with Crippen LogP contribution < -0.4 is 0 Å². The molecule has 0 saturated heterocycles. The van der Waals surface area contributed by atoms with Crippen molar-refractivity contribution in [3.8, 4) is 0 Å². The number of benzene rings is 2. The minimum atomic E-state index is -4.22. The van der Waals surface area contributed by atoms with E-state index in [9.17, 15) is 13.2 Å². The Bertz CT molecular complexity index is 777. The van der Waals surface area contributed by atoms with Crippen LogP contribution in [0, 0.1) is 0 Å². The van der Waals surface area contributed by atoms with Crippen molar-refractivity contribution in [2.24, 2.45) is 5.16 Å². The number of oxime groups is 1. The number of carbonyl (C=O) groups is 1. The highest BCUT2D eigenvalue weighted by molar-refractivity contribution is 7.85. The highest BCUT2D eigenvalue weighted by Crippen LogP contribution is 2.13. The van der Waals surface area contributed by atoms with E-state index in [1.807, 2.05) is 0 Å². The van der Waals surface area contributed by atoms with Gasteiger partial charge in [0.1, 0.15) is 0 Å². The van der Waals surface area contributed by atoms with Gasteiger partial charge in [0, 0.05) is 11.1 Å². The van der Waals surface area contributed by atoms with Crippen LogP contribution in [0.4, 0.5) is 0 Å².